The van der Waals surface area contributed by atoms with Crippen LogP contribution >= 0.6 is 0 Å². The summed E-state index contributed by atoms with van der Waals surface area (Å²) in [6.07, 6.45) is 15.8. The van der Waals surface area contributed by atoms with Crippen molar-refractivity contribution in [1.82, 2.24) is 5.32 Å². The summed E-state index contributed by atoms with van der Waals surface area (Å²) in [5.41, 5.74) is -0.0285. The van der Waals surface area contributed by atoms with Gasteiger partial charge in [-0.1, -0.05) is 78.6 Å². The van der Waals surface area contributed by atoms with Crippen LogP contribution in [0.1, 0.15) is 97.8 Å². The SMILES string of the molecule is CCCCCCCCCCCCNC(CC)(CC)CO. The molecule has 0 aliphatic rings. The van der Waals surface area contributed by atoms with E-state index in [9.17, 15) is 5.11 Å². The maximum absolute atomic E-state index is 9.48. The first-order chi connectivity index (χ1) is 9.74. The van der Waals surface area contributed by atoms with Crippen molar-refractivity contribution in [2.24, 2.45) is 0 Å². The Hall–Kier alpha value is -0.0800. The lowest BCUT2D eigenvalue weighted by Gasteiger charge is -2.31. The molecule has 0 aliphatic carbocycles. The van der Waals surface area contributed by atoms with Crippen LogP contribution in [0.25, 0.3) is 0 Å². The summed E-state index contributed by atoms with van der Waals surface area (Å²) in [7, 11) is 0. The van der Waals surface area contributed by atoms with Crippen LogP contribution in [-0.4, -0.2) is 23.8 Å². The first-order valence-electron chi connectivity index (χ1n) is 9.10. The Labute approximate surface area is 127 Å². The van der Waals surface area contributed by atoms with E-state index in [0.717, 1.165) is 19.4 Å². The van der Waals surface area contributed by atoms with Crippen LogP contribution in [0.3, 0.4) is 0 Å². The minimum absolute atomic E-state index is 0.0285. The van der Waals surface area contributed by atoms with E-state index in [0.29, 0.717) is 0 Å². The quantitative estimate of drug-likeness (QED) is 0.413. The average molecular weight is 286 g/mol. The molecule has 0 spiro atoms. The summed E-state index contributed by atoms with van der Waals surface area (Å²) in [5.74, 6) is 0. The lowest BCUT2D eigenvalue weighted by molar-refractivity contribution is 0.150. The van der Waals surface area contributed by atoms with E-state index in [1.807, 2.05) is 0 Å². The maximum atomic E-state index is 9.48. The number of rotatable bonds is 15. The molecule has 0 radical (unpaired) electrons. The van der Waals surface area contributed by atoms with Crippen molar-refractivity contribution in [3.05, 3.63) is 0 Å². The van der Waals surface area contributed by atoms with Crippen LogP contribution in [0, 0.1) is 0 Å². The molecule has 0 rings (SSSR count). The van der Waals surface area contributed by atoms with Gasteiger partial charge in [0.2, 0.25) is 0 Å². The Kier molecular flexibility index (Phi) is 13.8. The van der Waals surface area contributed by atoms with Crippen molar-refractivity contribution < 1.29 is 5.11 Å². The van der Waals surface area contributed by atoms with Gasteiger partial charge in [-0.05, 0) is 25.8 Å². The van der Waals surface area contributed by atoms with E-state index in [1.165, 1.54) is 64.2 Å². The predicted molar refractivity (Wildman–Crippen MR) is 90.2 cm³/mol. The molecule has 0 aromatic rings. The highest BCUT2D eigenvalue weighted by Gasteiger charge is 2.23. The first kappa shape index (κ1) is 19.9. The summed E-state index contributed by atoms with van der Waals surface area (Å²) in [5, 5.41) is 13.0. The Morgan fingerprint density at radius 2 is 1.15 bits per heavy atom. The largest absolute Gasteiger partial charge is 0.394 e. The van der Waals surface area contributed by atoms with E-state index >= 15 is 0 Å². The second kappa shape index (κ2) is 13.9. The van der Waals surface area contributed by atoms with Gasteiger partial charge in [-0.3, -0.25) is 0 Å². The van der Waals surface area contributed by atoms with Crippen molar-refractivity contribution in [3.63, 3.8) is 0 Å². The van der Waals surface area contributed by atoms with Gasteiger partial charge in [0.05, 0.1) is 6.61 Å². The lowest BCUT2D eigenvalue weighted by atomic mass is 9.93. The van der Waals surface area contributed by atoms with Gasteiger partial charge in [0, 0.05) is 5.54 Å². The molecule has 0 saturated heterocycles. The third-order valence-electron chi connectivity index (χ3n) is 4.69. The number of aliphatic hydroxyl groups excluding tert-OH is 1. The molecule has 0 bridgehead atoms. The minimum Gasteiger partial charge on any atom is -0.394 e. The van der Waals surface area contributed by atoms with E-state index in [2.05, 4.69) is 26.1 Å². The molecule has 0 unspecified atom stereocenters. The fourth-order valence-electron chi connectivity index (χ4n) is 2.75. The summed E-state index contributed by atoms with van der Waals surface area (Å²) in [4.78, 5) is 0. The molecule has 0 fully saturated rings. The Morgan fingerprint density at radius 3 is 1.55 bits per heavy atom. The zero-order valence-corrected chi connectivity index (χ0v) is 14.3. The lowest BCUT2D eigenvalue weighted by Crippen LogP contribution is -2.47. The molecular weight excluding hydrogens is 246 g/mol. The van der Waals surface area contributed by atoms with E-state index in [4.69, 9.17) is 0 Å². The van der Waals surface area contributed by atoms with Gasteiger partial charge < -0.3 is 10.4 Å². The van der Waals surface area contributed by atoms with Crippen LogP contribution < -0.4 is 5.32 Å². The molecule has 0 heterocycles. The van der Waals surface area contributed by atoms with Gasteiger partial charge in [-0.2, -0.15) is 0 Å². The molecule has 122 valence electrons. The molecule has 0 aromatic heterocycles. The van der Waals surface area contributed by atoms with Gasteiger partial charge in [-0.25, -0.2) is 0 Å². The third kappa shape index (κ3) is 9.77. The van der Waals surface area contributed by atoms with Gasteiger partial charge in [0.15, 0.2) is 0 Å². The molecule has 0 amide bonds. The topological polar surface area (TPSA) is 32.3 Å². The van der Waals surface area contributed by atoms with Crippen molar-refractivity contribution in [2.45, 2.75) is 103 Å². The Morgan fingerprint density at radius 1 is 0.700 bits per heavy atom. The van der Waals surface area contributed by atoms with Crippen molar-refractivity contribution in [1.29, 1.82) is 0 Å². The zero-order valence-electron chi connectivity index (χ0n) is 14.3. The fraction of sp³-hybridized carbons (Fsp3) is 1.00. The zero-order chi connectivity index (χ0) is 15.1. The van der Waals surface area contributed by atoms with Crippen molar-refractivity contribution in [3.8, 4) is 0 Å². The number of hydrogen-bond donors (Lipinski definition) is 2. The summed E-state index contributed by atoms with van der Waals surface area (Å²) in [6.45, 7) is 7.91. The molecule has 2 nitrogen and oxygen atoms in total. The fourth-order valence-corrected chi connectivity index (χ4v) is 2.75. The van der Waals surface area contributed by atoms with E-state index < -0.39 is 0 Å². The predicted octanol–water partition coefficient (Wildman–Crippen LogP) is 5.05. The highest BCUT2D eigenvalue weighted by atomic mass is 16.3. The van der Waals surface area contributed by atoms with Gasteiger partial charge in [0.1, 0.15) is 0 Å². The molecule has 0 aliphatic heterocycles. The van der Waals surface area contributed by atoms with Crippen LogP contribution in [0.4, 0.5) is 0 Å². The summed E-state index contributed by atoms with van der Waals surface area (Å²) >= 11 is 0. The molecular formula is C18H39NO. The molecule has 0 saturated carbocycles. The van der Waals surface area contributed by atoms with Crippen LogP contribution in [0.2, 0.25) is 0 Å². The number of aliphatic hydroxyl groups is 1. The highest BCUT2D eigenvalue weighted by Crippen LogP contribution is 2.14. The number of hydrogen-bond acceptors (Lipinski definition) is 2. The second-order valence-electron chi connectivity index (χ2n) is 6.25. The van der Waals surface area contributed by atoms with Crippen LogP contribution in [0.5, 0.6) is 0 Å². The van der Waals surface area contributed by atoms with Crippen LogP contribution in [-0.2, 0) is 0 Å². The molecule has 0 atom stereocenters. The second-order valence-corrected chi connectivity index (χ2v) is 6.25. The number of nitrogens with one attached hydrogen (secondary N) is 1. The Bertz CT molecular complexity index is 182. The van der Waals surface area contributed by atoms with Gasteiger partial charge in [0.25, 0.3) is 0 Å². The van der Waals surface area contributed by atoms with Gasteiger partial charge >= 0.3 is 0 Å². The van der Waals surface area contributed by atoms with Crippen molar-refractivity contribution >= 4 is 0 Å². The first-order valence-corrected chi connectivity index (χ1v) is 9.10. The number of unbranched alkanes of at least 4 members (excludes halogenated alkanes) is 9. The van der Waals surface area contributed by atoms with Crippen molar-refractivity contribution in [2.75, 3.05) is 13.2 Å². The summed E-state index contributed by atoms with van der Waals surface area (Å²) < 4.78 is 0. The standard InChI is InChI=1S/C18H39NO/c1-4-7-8-9-10-11-12-13-14-15-16-19-18(5-2,6-3)17-20/h19-20H,4-17H2,1-3H3. The van der Waals surface area contributed by atoms with Gasteiger partial charge in [-0.15, -0.1) is 0 Å². The van der Waals surface area contributed by atoms with E-state index in [-0.39, 0.29) is 12.1 Å². The summed E-state index contributed by atoms with van der Waals surface area (Å²) in [6, 6.07) is 0. The Balaban J connectivity index is 3.32. The minimum atomic E-state index is -0.0285. The molecule has 2 N–H and O–H groups in total. The average Bonchev–Trinajstić information content (AvgIpc) is 2.49. The molecule has 20 heavy (non-hydrogen) atoms. The molecule has 2 heteroatoms. The maximum Gasteiger partial charge on any atom is 0.0613 e. The normalized spacial score (nSPS) is 12.0. The van der Waals surface area contributed by atoms with E-state index in [1.54, 1.807) is 0 Å². The third-order valence-corrected chi connectivity index (χ3v) is 4.69. The monoisotopic (exact) mass is 285 g/mol. The van der Waals surface area contributed by atoms with Crippen LogP contribution in [0.15, 0.2) is 0 Å². The smallest absolute Gasteiger partial charge is 0.0613 e. The molecule has 0 aromatic carbocycles. The highest BCUT2D eigenvalue weighted by molar-refractivity contribution is 4.84.